The summed E-state index contributed by atoms with van der Waals surface area (Å²) >= 11 is 1.64. The molecule has 0 fully saturated rings. The lowest BCUT2D eigenvalue weighted by Gasteiger charge is -2.05. The van der Waals surface area contributed by atoms with Crippen molar-refractivity contribution in [3.63, 3.8) is 0 Å². The molecule has 2 heteroatoms. The van der Waals surface area contributed by atoms with Crippen LogP contribution in [0.25, 0.3) is 0 Å². The van der Waals surface area contributed by atoms with Crippen molar-refractivity contribution in [1.82, 2.24) is 0 Å². The van der Waals surface area contributed by atoms with Crippen molar-refractivity contribution in [3.05, 3.63) is 11.5 Å². The topological polar surface area (TPSA) is 26.0 Å². The summed E-state index contributed by atoms with van der Waals surface area (Å²) in [6.45, 7) is 7.77. The van der Waals surface area contributed by atoms with Crippen LogP contribution < -0.4 is 5.73 Å². The maximum absolute atomic E-state index is 5.58. The third-order valence-electron chi connectivity index (χ3n) is 0.755. The Morgan fingerprint density at radius 2 is 2.38 bits per heavy atom. The van der Waals surface area contributed by atoms with Crippen molar-refractivity contribution in [3.8, 4) is 0 Å². The second kappa shape index (κ2) is 3.98. The van der Waals surface area contributed by atoms with Crippen LogP contribution in [0.4, 0.5) is 0 Å². The van der Waals surface area contributed by atoms with E-state index in [1.54, 1.807) is 11.8 Å². The Labute approximate surface area is 55.3 Å². The van der Waals surface area contributed by atoms with Gasteiger partial charge in [0.1, 0.15) is 0 Å². The number of hydrogen-bond donors (Lipinski definition) is 1. The largest absolute Gasteiger partial charge is 0.319 e. The number of hydrogen-bond acceptors (Lipinski definition) is 2. The molecule has 0 saturated carbocycles. The molecule has 0 aromatic carbocycles. The van der Waals surface area contributed by atoms with Gasteiger partial charge in [0.15, 0.2) is 0 Å². The van der Waals surface area contributed by atoms with Crippen molar-refractivity contribution in [2.75, 3.05) is 0 Å². The van der Waals surface area contributed by atoms with E-state index < -0.39 is 0 Å². The number of nitrogens with two attached hydrogens (primary N) is 1. The maximum atomic E-state index is 5.58. The molecule has 8 heavy (non-hydrogen) atoms. The van der Waals surface area contributed by atoms with Gasteiger partial charge in [-0.3, -0.25) is 0 Å². The van der Waals surface area contributed by atoms with E-state index in [4.69, 9.17) is 5.73 Å². The van der Waals surface area contributed by atoms with Gasteiger partial charge >= 0.3 is 0 Å². The summed E-state index contributed by atoms with van der Waals surface area (Å²) in [7, 11) is 0. The summed E-state index contributed by atoms with van der Waals surface area (Å²) < 4.78 is 0. The lowest BCUT2D eigenvalue weighted by atomic mass is 10.5. The standard InChI is InChI=1S/C6H13NS/c1-4-6(7)8-5(2)3/h6H,2,4,7H2,1,3H3. The van der Waals surface area contributed by atoms with Gasteiger partial charge in [-0.05, 0) is 18.2 Å². The van der Waals surface area contributed by atoms with Crippen LogP contribution in [-0.4, -0.2) is 5.37 Å². The lowest BCUT2D eigenvalue weighted by Crippen LogP contribution is -2.12. The highest BCUT2D eigenvalue weighted by atomic mass is 32.2. The lowest BCUT2D eigenvalue weighted by molar-refractivity contribution is 0.871. The zero-order chi connectivity index (χ0) is 6.57. The van der Waals surface area contributed by atoms with Gasteiger partial charge in [0.05, 0.1) is 5.37 Å². The van der Waals surface area contributed by atoms with Crippen LogP contribution in [0, 0.1) is 0 Å². The summed E-state index contributed by atoms with van der Waals surface area (Å²) in [6, 6.07) is 0. The Morgan fingerprint density at radius 1 is 1.88 bits per heavy atom. The van der Waals surface area contributed by atoms with Gasteiger partial charge in [0.2, 0.25) is 0 Å². The monoisotopic (exact) mass is 131 g/mol. The van der Waals surface area contributed by atoms with E-state index in [1.165, 1.54) is 0 Å². The summed E-state index contributed by atoms with van der Waals surface area (Å²) in [5.41, 5.74) is 5.58. The highest BCUT2D eigenvalue weighted by molar-refractivity contribution is 8.03. The fourth-order valence-electron chi connectivity index (χ4n) is 0.342. The molecule has 1 atom stereocenters. The first-order valence-corrected chi connectivity index (χ1v) is 3.62. The first-order chi connectivity index (χ1) is 3.66. The molecule has 1 unspecified atom stereocenters. The molecule has 1 nitrogen and oxygen atoms in total. The van der Waals surface area contributed by atoms with Crippen LogP contribution in [0.15, 0.2) is 11.5 Å². The van der Waals surface area contributed by atoms with Gasteiger partial charge in [-0.25, -0.2) is 0 Å². The molecule has 0 bridgehead atoms. The Kier molecular flexibility index (Phi) is 4.01. The van der Waals surface area contributed by atoms with Gasteiger partial charge < -0.3 is 5.73 Å². The van der Waals surface area contributed by atoms with E-state index in [0.29, 0.717) is 0 Å². The average molecular weight is 131 g/mol. The summed E-state index contributed by atoms with van der Waals surface area (Å²) in [6.07, 6.45) is 1.01. The first-order valence-electron chi connectivity index (χ1n) is 2.74. The maximum Gasteiger partial charge on any atom is 0.0548 e. The minimum absolute atomic E-state index is 0.243. The molecule has 0 saturated heterocycles. The average Bonchev–Trinajstić information content (AvgIpc) is 1.65. The Balaban J connectivity index is 3.24. The summed E-state index contributed by atoms with van der Waals surface area (Å²) in [5.74, 6) is 0. The van der Waals surface area contributed by atoms with E-state index in [-0.39, 0.29) is 5.37 Å². The molecule has 0 aliphatic rings. The Bertz CT molecular complexity index is 80.6. The van der Waals surface area contributed by atoms with Crippen molar-refractivity contribution >= 4 is 11.8 Å². The zero-order valence-electron chi connectivity index (χ0n) is 5.48. The summed E-state index contributed by atoms with van der Waals surface area (Å²) in [5, 5.41) is 0.243. The van der Waals surface area contributed by atoms with Gasteiger partial charge in [-0.2, -0.15) is 0 Å². The molecule has 0 aromatic heterocycles. The third kappa shape index (κ3) is 4.22. The minimum atomic E-state index is 0.243. The van der Waals surface area contributed by atoms with E-state index in [2.05, 4.69) is 13.5 Å². The molecule has 0 aliphatic carbocycles. The Hall–Kier alpha value is 0.0500. The van der Waals surface area contributed by atoms with E-state index in [1.807, 2.05) is 6.92 Å². The number of thioether (sulfide) groups is 1. The quantitative estimate of drug-likeness (QED) is 0.592. The van der Waals surface area contributed by atoms with E-state index in [0.717, 1.165) is 11.3 Å². The predicted molar refractivity (Wildman–Crippen MR) is 40.7 cm³/mol. The Morgan fingerprint density at radius 3 is 2.50 bits per heavy atom. The second-order valence-corrected chi connectivity index (χ2v) is 3.30. The fraction of sp³-hybridized carbons (Fsp3) is 0.667. The normalized spacial score (nSPS) is 13.4. The summed E-state index contributed by atoms with van der Waals surface area (Å²) in [4.78, 5) is 1.10. The second-order valence-electron chi connectivity index (χ2n) is 1.77. The van der Waals surface area contributed by atoms with E-state index >= 15 is 0 Å². The molecule has 0 radical (unpaired) electrons. The van der Waals surface area contributed by atoms with Crippen LogP contribution in [0.2, 0.25) is 0 Å². The van der Waals surface area contributed by atoms with E-state index in [9.17, 15) is 0 Å². The van der Waals surface area contributed by atoms with Crippen molar-refractivity contribution in [1.29, 1.82) is 0 Å². The molecule has 0 spiro atoms. The highest BCUT2D eigenvalue weighted by Crippen LogP contribution is 2.16. The molecular weight excluding hydrogens is 118 g/mol. The zero-order valence-corrected chi connectivity index (χ0v) is 6.29. The van der Waals surface area contributed by atoms with Gasteiger partial charge in [-0.1, -0.05) is 13.5 Å². The molecule has 0 heterocycles. The third-order valence-corrected chi connectivity index (χ3v) is 1.79. The molecule has 0 rings (SSSR count). The molecule has 2 N–H and O–H groups in total. The van der Waals surface area contributed by atoms with Gasteiger partial charge in [0, 0.05) is 0 Å². The molecule has 0 amide bonds. The smallest absolute Gasteiger partial charge is 0.0548 e. The van der Waals surface area contributed by atoms with Crippen LogP contribution in [-0.2, 0) is 0 Å². The molecule has 48 valence electrons. The van der Waals surface area contributed by atoms with Crippen LogP contribution in [0.5, 0.6) is 0 Å². The van der Waals surface area contributed by atoms with Crippen LogP contribution >= 0.6 is 11.8 Å². The van der Waals surface area contributed by atoms with Gasteiger partial charge in [-0.15, -0.1) is 11.8 Å². The van der Waals surface area contributed by atoms with Crippen molar-refractivity contribution in [2.24, 2.45) is 5.73 Å². The van der Waals surface area contributed by atoms with Crippen LogP contribution in [0.1, 0.15) is 20.3 Å². The SMILES string of the molecule is C=C(C)SC(N)CC. The predicted octanol–water partition coefficient (Wildman–Crippen LogP) is 1.95. The molecule has 0 aromatic rings. The van der Waals surface area contributed by atoms with Crippen molar-refractivity contribution in [2.45, 2.75) is 25.6 Å². The van der Waals surface area contributed by atoms with Gasteiger partial charge in [0.25, 0.3) is 0 Å². The first kappa shape index (κ1) is 8.05. The molecule has 0 aliphatic heterocycles. The number of allylic oxidation sites excluding steroid dienone is 1. The van der Waals surface area contributed by atoms with Crippen molar-refractivity contribution < 1.29 is 0 Å². The highest BCUT2D eigenvalue weighted by Gasteiger charge is 1.96. The number of rotatable bonds is 3. The minimum Gasteiger partial charge on any atom is -0.319 e. The molecular formula is C6H13NS. The van der Waals surface area contributed by atoms with Crippen LogP contribution in [0.3, 0.4) is 0 Å². The fourth-order valence-corrected chi connectivity index (χ4v) is 1.03.